The molecule has 3 aromatic rings. The second-order valence-electron chi connectivity index (χ2n) is 11.0. The molecule has 11 heteroatoms. The summed E-state index contributed by atoms with van der Waals surface area (Å²) in [5.41, 5.74) is -1.80. The van der Waals surface area contributed by atoms with Gasteiger partial charge in [0.15, 0.2) is 0 Å². The van der Waals surface area contributed by atoms with Gasteiger partial charge in [0.1, 0.15) is 0 Å². The number of carbonyl (C=O) groups is 2. The van der Waals surface area contributed by atoms with Gasteiger partial charge in [-0.2, -0.15) is 26.3 Å². The van der Waals surface area contributed by atoms with E-state index in [4.69, 9.17) is 0 Å². The Bertz CT molecular complexity index is 1390. The van der Waals surface area contributed by atoms with Gasteiger partial charge in [-0.3, -0.25) is 14.5 Å². The number of hydrogen-bond acceptors (Lipinski definition) is 3. The van der Waals surface area contributed by atoms with Gasteiger partial charge in [0.25, 0.3) is 5.91 Å². The SMILES string of the molecule is O=C(Cc1ccccc1)N1CCN([C@H]2CCN(C(=O)c3cc(C(F)(F)F)cc(C(F)(F)F)c3)C[C@H]2c2ccccc2)CC1. The van der Waals surface area contributed by atoms with Crippen molar-refractivity contribution in [3.05, 3.63) is 107 Å². The third kappa shape index (κ3) is 7.21. The Morgan fingerprint density at radius 2 is 1.26 bits per heavy atom. The van der Waals surface area contributed by atoms with Gasteiger partial charge in [0, 0.05) is 56.8 Å². The lowest BCUT2D eigenvalue weighted by atomic mass is 9.84. The van der Waals surface area contributed by atoms with E-state index in [0.29, 0.717) is 51.2 Å². The first-order chi connectivity index (χ1) is 20.4. The minimum absolute atomic E-state index is 0.0231. The number of piperidine rings is 1. The van der Waals surface area contributed by atoms with Crippen molar-refractivity contribution in [2.75, 3.05) is 39.3 Å². The van der Waals surface area contributed by atoms with Gasteiger partial charge in [0.2, 0.25) is 5.91 Å². The van der Waals surface area contributed by atoms with Crippen LogP contribution in [0, 0.1) is 0 Å². The molecule has 43 heavy (non-hydrogen) atoms. The minimum Gasteiger partial charge on any atom is -0.340 e. The van der Waals surface area contributed by atoms with E-state index in [0.717, 1.165) is 11.1 Å². The van der Waals surface area contributed by atoms with Gasteiger partial charge >= 0.3 is 12.4 Å². The van der Waals surface area contributed by atoms with Crippen molar-refractivity contribution in [1.29, 1.82) is 0 Å². The molecule has 2 atom stereocenters. The van der Waals surface area contributed by atoms with Crippen molar-refractivity contribution >= 4 is 11.8 Å². The molecule has 0 aromatic heterocycles. The Morgan fingerprint density at radius 3 is 1.81 bits per heavy atom. The minimum atomic E-state index is -5.04. The molecule has 2 saturated heterocycles. The van der Waals surface area contributed by atoms with Crippen LogP contribution in [-0.2, 0) is 23.6 Å². The highest BCUT2D eigenvalue weighted by molar-refractivity contribution is 5.95. The molecule has 5 nitrogen and oxygen atoms in total. The summed E-state index contributed by atoms with van der Waals surface area (Å²) in [7, 11) is 0. The second kappa shape index (κ2) is 12.4. The van der Waals surface area contributed by atoms with Crippen LogP contribution >= 0.6 is 0 Å². The molecule has 0 unspecified atom stereocenters. The quantitative estimate of drug-likeness (QED) is 0.331. The van der Waals surface area contributed by atoms with Crippen LogP contribution in [0.1, 0.15) is 45.0 Å². The van der Waals surface area contributed by atoms with Gasteiger partial charge in [-0.15, -0.1) is 0 Å². The molecule has 2 aliphatic rings. The van der Waals surface area contributed by atoms with Crippen molar-refractivity contribution in [2.24, 2.45) is 0 Å². The molecule has 228 valence electrons. The number of amides is 2. The number of hydrogen-bond donors (Lipinski definition) is 0. The van der Waals surface area contributed by atoms with Gasteiger partial charge < -0.3 is 9.80 Å². The Hall–Kier alpha value is -3.86. The van der Waals surface area contributed by atoms with Crippen LogP contribution in [0.4, 0.5) is 26.3 Å². The number of rotatable bonds is 5. The van der Waals surface area contributed by atoms with E-state index >= 15 is 0 Å². The number of nitrogens with zero attached hydrogens (tertiary/aromatic N) is 3. The Morgan fingerprint density at radius 1 is 0.698 bits per heavy atom. The van der Waals surface area contributed by atoms with Crippen LogP contribution in [0.2, 0.25) is 0 Å². The molecule has 5 rings (SSSR count). The molecule has 2 heterocycles. The number of alkyl halides is 6. The van der Waals surface area contributed by atoms with E-state index in [9.17, 15) is 35.9 Å². The van der Waals surface area contributed by atoms with Gasteiger partial charge in [0.05, 0.1) is 17.5 Å². The van der Waals surface area contributed by atoms with Gasteiger partial charge in [-0.05, 0) is 35.7 Å². The Labute approximate surface area is 245 Å². The van der Waals surface area contributed by atoms with Crippen LogP contribution in [0.3, 0.4) is 0 Å². The monoisotopic (exact) mass is 603 g/mol. The fourth-order valence-corrected chi connectivity index (χ4v) is 6.04. The van der Waals surface area contributed by atoms with Crippen LogP contribution in [0.15, 0.2) is 78.9 Å². The predicted octanol–water partition coefficient (Wildman–Crippen LogP) is 6.11. The largest absolute Gasteiger partial charge is 0.416 e. The zero-order valence-electron chi connectivity index (χ0n) is 23.2. The maximum atomic E-state index is 13.4. The fraction of sp³-hybridized carbons (Fsp3) is 0.375. The summed E-state index contributed by atoms with van der Waals surface area (Å²) in [5, 5.41) is 0. The van der Waals surface area contributed by atoms with Crippen molar-refractivity contribution in [3.63, 3.8) is 0 Å². The van der Waals surface area contributed by atoms with E-state index < -0.39 is 35.0 Å². The van der Waals surface area contributed by atoms with Crippen LogP contribution in [0.5, 0.6) is 0 Å². The standard InChI is InChI=1S/C32H31F6N3O2/c33-31(34,35)25-18-24(19-26(20-25)32(36,37)38)30(43)41-12-11-28(27(21-41)23-9-5-2-6-10-23)39-13-15-40(16-14-39)29(42)17-22-7-3-1-4-8-22/h1-10,18-20,27-28H,11-17,21H2/t27-,28-/m0/s1. The smallest absolute Gasteiger partial charge is 0.340 e. The van der Waals surface area contributed by atoms with Gasteiger partial charge in [-0.25, -0.2) is 0 Å². The molecule has 2 aliphatic heterocycles. The lowest BCUT2D eigenvalue weighted by molar-refractivity contribution is -0.143. The molecule has 0 bridgehead atoms. The third-order valence-electron chi connectivity index (χ3n) is 8.26. The highest BCUT2D eigenvalue weighted by Crippen LogP contribution is 2.38. The molecule has 0 radical (unpaired) electrons. The van der Waals surface area contributed by atoms with Crippen LogP contribution in [0.25, 0.3) is 0 Å². The van der Waals surface area contributed by atoms with E-state index in [-0.39, 0.29) is 37.0 Å². The van der Waals surface area contributed by atoms with E-state index in [1.165, 1.54) is 4.90 Å². The fourth-order valence-electron chi connectivity index (χ4n) is 6.04. The lowest BCUT2D eigenvalue weighted by Gasteiger charge is -2.47. The number of likely N-dealkylation sites (tertiary alicyclic amines) is 1. The summed E-state index contributed by atoms with van der Waals surface area (Å²) >= 11 is 0. The molecular weight excluding hydrogens is 572 g/mol. The normalized spacial score (nSPS) is 20.2. The number of carbonyl (C=O) groups excluding carboxylic acids is 2. The Kier molecular flexibility index (Phi) is 8.82. The topological polar surface area (TPSA) is 43.9 Å². The summed E-state index contributed by atoms with van der Waals surface area (Å²) in [4.78, 5) is 31.8. The average Bonchev–Trinajstić information content (AvgIpc) is 3.00. The maximum Gasteiger partial charge on any atom is 0.416 e. The molecule has 3 aromatic carbocycles. The molecular formula is C32H31F6N3O2. The lowest BCUT2D eigenvalue weighted by Crippen LogP contribution is -2.57. The summed E-state index contributed by atoms with van der Waals surface area (Å²) in [5.74, 6) is -1.05. The highest BCUT2D eigenvalue weighted by atomic mass is 19.4. The van der Waals surface area contributed by atoms with Gasteiger partial charge in [-0.1, -0.05) is 60.7 Å². The maximum absolute atomic E-state index is 13.4. The second-order valence-corrected chi connectivity index (χ2v) is 11.0. The number of halogens is 6. The summed E-state index contributed by atoms with van der Waals surface area (Å²) < 4.78 is 80.7. The van der Waals surface area contributed by atoms with E-state index in [1.807, 2.05) is 65.6 Å². The number of piperazine rings is 1. The van der Waals surface area contributed by atoms with Crippen molar-refractivity contribution in [3.8, 4) is 0 Å². The average molecular weight is 604 g/mol. The zero-order chi connectivity index (χ0) is 30.8. The van der Waals surface area contributed by atoms with Crippen molar-refractivity contribution < 1.29 is 35.9 Å². The first-order valence-corrected chi connectivity index (χ1v) is 14.1. The molecule has 2 fully saturated rings. The zero-order valence-corrected chi connectivity index (χ0v) is 23.2. The molecule has 0 spiro atoms. The first-order valence-electron chi connectivity index (χ1n) is 14.1. The highest BCUT2D eigenvalue weighted by Gasteiger charge is 2.40. The van der Waals surface area contributed by atoms with Crippen molar-refractivity contribution in [2.45, 2.75) is 37.2 Å². The molecule has 0 aliphatic carbocycles. The number of benzene rings is 3. The third-order valence-corrected chi connectivity index (χ3v) is 8.26. The summed E-state index contributed by atoms with van der Waals surface area (Å²) in [6.45, 7) is 2.62. The van der Waals surface area contributed by atoms with E-state index in [1.54, 1.807) is 0 Å². The van der Waals surface area contributed by atoms with Crippen LogP contribution in [-0.4, -0.2) is 71.8 Å². The molecule has 0 saturated carbocycles. The van der Waals surface area contributed by atoms with Crippen molar-refractivity contribution in [1.82, 2.24) is 14.7 Å². The molecule has 2 amide bonds. The Balaban J connectivity index is 1.32. The van der Waals surface area contributed by atoms with E-state index in [2.05, 4.69) is 4.90 Å². The summed E-state index contributed by atoms with van der Waals surface area (Å²) in [6.07, 6.45) is -9.28. The first kappa shape index (κ1) is 30.6. The predicted molar refractivity (Wildman–Crippen MR) is 148 cm³/mol. The summed E-state index contributed by atoms with van der Waals surface area (Å²) in [6, 6.07) is 19.9. The van der Waals surface area contributed by atoms with Crippen LogP contribution < -0.4 is 0 Å². The molecule has 0 N–H and O–H groups in total.